The van der Waals surface area contributed by atoms with Crippen LogP contribution in [0.15, 0.2) is 24.3 Å². The van der Waals surface area contributed by atoms with E-state index in [1.807, 2.05) is 6.92 Å². The highest BCUT2D eigenvalue weighted by molar-refractivity contribution is 5.99. The van der Waals surface area contributed by atoms with E-state index in [0.29, 0.717) is 24.2 Å². The Morgan fingerprint density at radius 3 is 2.08 bits per heavy atom. The van der Waals surface area contributed by atoms with Gasteiger partial charge in [-0.15, -0.1) is 0 Å². The average molecular weight is 332 g/mol. The minimum absolute atomic E-state index is 0.0944. The zero-order valence-corrected chi connectivity index (χ0v) is 12.9. The number of benzene rings is 1. The van der Waals surface area contributed by atoms with E-state index in [0.717, 1.165) is 0 Å². The van der Waals surface area contributed by atoms with E-state index in [-0.39, 0.29) is 17.8 Å². The summed E-state index contributed by atoms with van der Waals surface area (Å²) in [7, 11) is 0. The van der Waals surface area contributed by atoms with E-state index >= 15 is 0 Å². The van der Waals surface area contributed by atoms with Crippen molar-refractivity contribution in [2.75, 3.05) is 0 Å². The van der Waals surface area contributed by atoms with Crippen LogP contribution in [0.4, 0.5) is 0 Å². The first-order valence-electron chi connectivity index (χ1n) is 7.23. The van der Waals surface area contributed by atoms with Crippen molar-refractivity contribution < 1.29 is 29.7 Å². The van der Waals surface area contributed by atoms with Crippen LogP contribution in [0, 0.1) is 0 Å². The third-order valence-electron chi connectivity index (χ3n) is 3.47. The predicted molar refractivity (Wildman–Crippen MR) is 82.6 cm³/mol. The summed E-state index contributed by atoms with van der Waals surface area (Å²) in [5.41, 5.74) is -0.113. The lowest BCUT2D eigenvalue weighted by atomic mass is 10.1. The molecule has 126 valence electrons. The quantitative estimate of drug-likeness (QED) is 0.706. The Morgan fingerprint density at radius 1 is 1.00 bits per heavy atom. The first-order valence-corrected chi connectivity index (χ1v) is 7.23. The molecule has 0 unspecified atom stereocenters. The first-order chi connectivity index (χ1) is 11.3. The van der Waals surface area contributed by atoms with Crippen molar-refractivity contribution in [3.8, 4) is 0 Å². The van der Waals surface area contributed by atoms with Gasteiger partial charge < -0.3 is 19.9 Å². The molecule has 0 aliphatic rings. The number of nitrogens with zero attached hydrogens (tertiary/aromatic N) is 2. The molecule has 0 radical (unpaired) electrons. The minimum atomic E-state index is -1.40. The van der Waals surface area contributed by atoms with Gasteiger partial charge in [0.1, 0.15) is 5.82 Å². The zero-order chi connectivity index (χ0) is 17.9. The van der Waals surface area contributed by atoms with E-state index in [1.54, 1.807) is 12.1 Å². The summed E-state index contributed by atoms with van der Waals surface area (Å²) in [6, 6.07) is 5.94. The molecule has 0 aliphatic heterocycles. The van der Waals surface area contributed by atoms with Gasteiger partial charge in [-0.2, -0.15) is 0 Å². The highest BCUT2D eigenvalue weighted by Gasteiger charge is 2.26. The number of carbonyl (C=O) groups is 3. The van der Waals surface area contributed by atoms with Gasteiger partial charge in [0.25, 0.3) is 0 Å². The van der Waals surface area contributed by atoms with Crippen molar-refractivity contribution in [3.63, 3.8) is 0 Å². The van der Waals surface area contributed by atoms with Crippen molar-refractivity contribution in [3.05, 3.63) is 52.6 Å². The van der Waals surface area contributed by atoms with Crippen LogP contribution in [0.1, 0.15) is 56.1 Å². The molecule has 8 nitrogen and oxygen atoms in total. The Labute approximate surface area is 137 Å². The maximum Gasteiger partial charge on any atom is 0.357 e. The fourth-order valence-electron chi connectivity index (χ4n) is 2.39. The summed E-state index contributed by atoms with van der Waals surface area (Å²) in [6.07, 6.45) is 1.11. The summed E-state index contributed by atoms with van der Waals surface area (Å²) in [5, 5.41) is 27.5. The highest BCUT2D eigenvalue weighted by atomic mass is 16.4. The molecule has 8 heteroatoms. The van der Waals surface area contributed by atoms with E-state index in [9.17, 15) is 24.6 Å². The second-order valence-corrected chi connectivity index (χ2v) is 5.17. The van der Waals surface area contributed by atoms with Crippen molar-refractivity contribution in [2.24, 2.45) is 0 Å². The summed E-state index contributed by atoms with van der Waals surface area (Å²) in [5.74, 6) is -3.46. The number of aryl methyl sites for hydroxylation is 1. The molecule has 0 bridgehead atoms. The Kier molecular flexibility index (Phi) is 4.98. The molecule has 2 rings (SSSR count). The minimum Gasteiger partial charge on any atom is -0.478 e. The molecule has 1 aromatic heterocycles. The number of aromatic carboxylic acids is 3. The van der Waals surface area contributed by atoms with Crippen LogP contribution in [-0.2, 0) is 13.0 Å². The summed E-state index contributed by atoms with van der Waals surface area (Å²) in [4.78, 5) is 37.6. The molecule has 0 atom stereocenters. The third kappa shape index (κ3) is 3.43. The van der Waals surface area contributed by atoms with Gasteiger partial charge in [0, 0.05) is 13.0 Å². The van der Waals surface area contributed by atoms with Crippen LogP contribution in [0.25, 0.3) is 0 Å². The molecule has 0 saturated heterocycles. The number of rotatable bonds is 7. The van der Waals surface area contributed by atoms with Crippen molar-refractivity contribution in [2.45, 2.75) is 26.3 Å². The summed E-state index contributed by atoms with van der Waals surface area (Å²) >= 11 is 0. The number of carboxylic acid groups (broad SMARTS) is 3. The Balaban J connectivity index is 2.48. The topological polar surface area (TPSA) is 130 Å². The maximum atomic E-state index is 11.5. The van der Waals surface area contributed by atoms with E-state index in [4.69, 9.17) is 5.11 Å². The zero-order valence-electron chi connectivity index (χ0n) is 12.9. The first kappa shape index (κ1) is 17.2. The second-order valence-electron chi connectivity index (χ2n) is 5.17. The third-order valence-corrected chi connectivity index (χ3v) is 3.47. The lowest BCUT2D eigenvalue weighted by Gasteiger charge is -2.10. The number of carboxylic acids is 3. The lowest BCUT2D eigenvalue weighted by Crippen LogP contribution is -2.15. The van der Waals surface area contributed by atoms with Gasteiger partial charge in [0.15, 0.2) is 11.4 Å². The van der Waals surface area contributed by atoms with Gasteiger partial charge in [-0.05, 0) is 24.1 Å². The normalized spacial score (nSPS) is 10.5. The fourth-order valence-corrected chi connectivity index (χ4v) is 2.39. The Hall–Kier alpha value is -3.16. The molecule has 0 aliphatic carbocycles. The van der Waals surface area contributed by atoms with Crippen LogP contribution in [0.5, 0.6) is 0 Å². The molecule has 1 heterocycles. The van der Waals surface area contributed by atoms with Gasteiger partial charge in [-0.1, -0.05) is 19.1 Å². The van der Waals surface area contributed by atoms with Crippen molar-refractivity contribution in [1.82, 2.24) is 9.55 Å². The molecule has 0 fully saturated rings. The molecular formula is C16H16N2O6. The molecule has 1 aromatic carbocycles. The molecule has 2 aromatic rings. The van der Waals surface area contributed by atoms with Gasteiger partial charge in [-0.25, -0.2) is 19.4 Å². The molecule has 0 saturated carbocycles. The smallest absolute Gasteiger partial charge is 0.357 e. The van der Waals surface area contributed by atoms with Gasteiger partial charge in [0.05, 0.1) is 5.56 Å². The molecule has 3 N–H and O–H groups in total. The van der Waals surface area contributed by atoms with Crippen LogP contribution in [0.2, 0.25) is 0 Å². The SMILES string of the molecule is CCCc1nc(C(=O)O)c(C(=O)O)n1Cc1ccc(C(=O)O)cc1. The van der Waals surface area contributed by atoms with Crippen LogP contribution in [-0.4, -0.2) is 42.8 Å². The molecular weight excluding hydrogens is 316 g/mol. The highest BCUT2D eigenvalue weighted by Crippen LogP contribution is 2.17. The molecule has 24 heavy (non-hydrogen) atoms. The largest absolute Gasteiger partial charge is 0.478 e. The molecule has 0 amide bonds. The van der Waals surface area contributed by atoms with Crippen molar-refractivity contribution >= 4 is 17.9 Å². The van der Waals surface area contributed by atoms with E-state index < -0.39 is 23.6 Å². The van der Waals surface area contributed by atoms with Gasteiger partial charge >= 0.3 is 17.9 Å². The maximum absolute atomic E-state index is 11.5. The van der Waals surface area contributed by atoms with Crippen LogP contribution < -0.4 is 0 Å². The summed E-state index contributed by atoms with van der Waals surface area (Å²) in [6.45, 7) is 1.97. The lowest BCUT2D eigenvalue weighted by molar-refractivity contribution is 0.0640. The van der Waals surface area contributed by atoms with Crippen LogP contribution >= 0.6 is 0 Å². The number of aromatic nitrogens is 2. The number of hydrogen-bond donors (Lipinski definition) is 3. The summed E-state index contributed by atoms with van der Waals surface area (Å²) < 4.78 is 1.35. The van der Waals surface area contributed by atoms with Gasteiger partial charge in [0.2, 0.25) is 0 Å². The number of imidazole rings is 1. The predicted octanol–water partition coefficient (Wildman–Crippen LogP) is 1.98. The van der Waals surface area contributed by atoms with Crippen molar-refractivity contribution in [1.29, 1.82) is 0 Å². The average Bonchev–Trinajstić information content (AvgIpc) is 2.87. The van der Waals surface area contributed by atoms with E-state index in [1.165, 1.54) is 16.7 Å². The van der Waals surface area contributed by atoms with E-state index in [2.05, 4.69) is 4.98 Å². The number of hydrogen-bond acceptors (Lipinski definition) is 4. The fraction of sp³-hybridized carbons (Fsp3) is 0.250. The second kappa shape index (κ2) is 6.95. The Morgan fingerprint density at radius 2 is 1.62 bits per heavy atom. The monoisotopic (exact) mass is 332 g/mol. The molecule has 0 spiro atoms. The van der Waals surface area contributed by atoms with Gasteiger partial charge in [-0.3, -0.25) is 0 Å². The Bertz CT molecular complexity index is 792. The van der Waals surface area contributed by atoms with Crippen LogP contribution in [0.3, 0.4) is 0 Å². The standard InChI is InChI=1S/C16H16N2O6/c1-2-3-11-17-12(15(21)22)13(16(23)24)18(11)8-9-4-6-10(7-5-9)14(19)20/h4-7H,2-3,8H2,1H3,(H,19,20)(H,21,22)(H,23,24).